The number of benzene rings is 2. The van der Waals surface area contributed by atoms with Gasteiger partial charge in [-0.05, 0) is 36.8 Å². The van der Waals surface area contributed by atoms with Gasteiger partial charge >= 0.3 is 5.92 Å². The molecule has 0 spiro atoms. The second-order valence-corrected chi connectivity index (χ2v) is 9.23. The number of aromatic nitrogens is 1. The highest BCUT2D eigenvalue weighted by Crippen LogP contribution is 2.43. The van der Waals surface area contributed by atoms with Crippen LogP contribution in [0.25, 0.3) is 0 Å². The first-order valence-electron chi connectivity index (χ1n) is 9.63. The normalized spacial score (nSPS) is 12.0. The molecular formula is C22H21ClF2N2O3S. The summed E-state index contributed by atoms with van der Waals surface area (Å²) < 4.78 is 59.3. The zero-order chi connectivity index (χ0) is 22.6. The summed E-state index contributed by atoms with van der Waals surface area (Å²) in [6.45, 7) is 1.90. The zero-order valence-corrected chi connectivity index (χ0v) is 18.3. The molecule has 164 valence electrons. The highest BCUT2D eigenvalue weighted by molar-refractivity contribution is 7.92. The van der Waals surface area contributed by atoms with Crippen LogP contribution in [0.3, 0.4) is 0 Å². The fraction of sp³-hybridized carbons (Fsp3) is 0.227. The van der Waals surface area contributed by atoms with Crippen molar-refractivity contribution in [3.8, 4) is 0 Å². The van der Waals surface area contributed by atoms with Gasteiger partial charge in [0, 0.05) is 29.3 Å². The van der Waals surface area contributed by atoms with Crippen molar-refractivity contribution in [2.45, 2.75) is 30.6 Å². The Kier molecular flexibility index (Phi) is 6.81. The molecule has 0 bridgehead atoms. The molecule has 0 atom stereocenters. The minimum atomic E-state index is -4.11. The molecular weight excluding hydrogens is 446 g/mol. The highest BCUT2D eigenvalue weighted by atomic mass is 35.5. The molecule has 31 heavy (non-hydrogen) atoms. The zero-order valence-electron chi connectivity index (χ0n) is 16.7. The van der Waals surface area contributed by atoms with Crippen LogP contribution in [0.4, 0.5) is 14.5 Å². The number of halogens is 3. The number of hydrogen-bond acceptors (Lipinski definition) is 3. The van der Waals surface area contributed by atoms with Crippen LogP contribution in [0.15, 0.2) is 78.0 Å². The van der Waals surface area contributed by atoms with Crippen molar-refractivity contribution in [3.63, 3.8) is 0 Å². The Morgan fingerprint density at radius 3 is 2.32 bits per heavy atom. The molecule has 9 heteroatoms. The van der Waals surface area contributed by atoms with Crippen molar-refractivity contribution in [1.82, 2.24) is 0 Å². The Hall–Kier alpha value is -2.71. The van der Waals surface area contributed by atoms with E-state index in [-0.39, 0.29) is 22.2 Å². The second-order valence-electron chi connectivity index (χ2n) is 6.93. The molecule has 3 aromatic rings. The lowest BCUT2D eigenvalue weighted by Gasteiger charge is -2.29. The molecule has 0 aliphatic rings. The first-order chi connectivity index (χ1) is 14.7. The van der Waals surface area contributed by atoms with Gasteiger partial charge in [-0.25, -0.2) is 8.42 Å². The van der Waals surface area contributed by atoms with E-state index in [2.05, 4.69) is 0 Å². The van der Waals surface area contributed by atoms with Crippen LogP contribution in [-0.4, -0.2) is 15.0 Å². The van der Waals surface area contributed by atoms with Crippen LogP contribution in [-0.2, 0) is 15.9 Å². The fourth-order valence-corrected chi connectivity index (χ4v) is 4.86. The van der Waals surface area contributed by atoms with Crippen molar-refractivity contribution in [2.75, 3.05) is 10.8 Å². The minimum absolute atomic E-state index is 0.00225. The minimum Gasteiger partial charge on any atom is -0.619 e. The lowest BCUT2D eigenvalue weighted by Crippen LogP contribution is -2.34. The third kappa shape index (κ3) is 4.80. The monoisotopic (exact) mass is 466 g/mol. The van der Waals surface area contributed by atoms with E-state index in [4.69, 9.17) is 11.6 Å². The van der Waals surface area contributed by atoms with Crippen LogP contribution in [0.2, 0.25) is 5.02 Å². The lowest BCUT2D eigenvalue weighted by molar-refractivity contribution is -0.605. The van der Waals surface area contributed by atoms with Gasteiger partial charge in [-0.3, -0.25) is 4.31 Å². The quantitative estimate of drug-likeness (QED) is 0.342. The molecule has 0 fully saturated rings. The van der Waals surface area contributed by atoms with Crippen molar-refractivity contribution in [3.05, 3.63) is 94.4 Å². The van der Waals surface area contributed by atoms with Crippen LogP contribution in [0.5, 0.6) is 0 Å². The summed E-state index contributed by atoms with van der Waals surface area (Å²) in [7, 11) is -4.11. The van der Waals surface area contributed by atoms with Gasteiger partial charge in [-0.15, -0.1) is 0 Å². The van der Waals surface area contributed by atoms with Crippen molar-refractivity contribution in [1.29, 1.82) is 0 Å². The smallest absolute Gasteiger partial charge is 0.300 e. The first kappa shape index (κ1) is 23.0. The summed E-state index contributed by atoms with van der Waals surface area (Å²) in [5.41, 5.74) is -1.17. The van der Waals surface area contributed by atoms with Crippen molar-refractivity contribution in [2.24, 2.45) is 0 Å². The summed E-state index contributed by atoms with van der Waals surface area (Å²) >= 11 is 6.02. The molecule has 0 unspecified atom stereocenters. The molecule has 0 amide bonds. The molecule has 0 saturated heterocycles. The Labute approximate surface area is 185 Å². The summed E-state index contributed by atoms with van der Waals surface area (Å²) in [4.78, 5) is 0.00225. The number of sulfonamides is 1. The van der Waals surface area contributed by atoms with Gasteiger partial charge in [-0.1, -0.05) is 43.1 Å². The number of anilines is 1. The van der Waals surface area contributed by atoms with Gasteiger partial charge in [0.2, 0.25) is 0 Å². The molecule has 0 saturated carbocycles. The number of pyridine rings is 1. The van der Waals surface area contributed by atoms with E-state index in [1.54, 1.807) is 18.2 Å². The first-order valence-corrected chi connectivity index (χ1v) is 11.4. The molecule has 0 aliphatic carbocycles. The average molecular weight is 467 g/mol. The van der Waals surface area contributed by atoms with Gasteiger partial charge in [-0.2, -0.15) is 13.5 Å². The molecule has 0 radical (unpaired) electrons. The van der Waals surface area contributed by atoms with Crippen LogP contribution < -0.4 is 9.04 Å². The third-order valence-electron chi connectivity index (χ3n) is 4.78. The van der Waals surface area contributed by atoms with E-state index in [1.165, 1.54) is 24.3 Å². The van der Waals surface area contributed by atoms with Gasteiger partial charge in [0.1, 0.15) is 0 Å². The van der Waals surface area contributed by atoms with Gasteiger partial charge in [0.25, 0.3) is 10.0 Å². The van der Waals surface area contributed by atoms with Crippen molar-refractivity contribution < 1.29 is 21.9 Å². The largest absolute Gasteiger partial charge is 0.619 e. The van der Waals surface area contributed by atoms with E-state index in [9.17, 15) is 13.6 Å². The Bertz CT molecular complexity index is 1140. The Morgan fingerprint density at radius 1 is 1.06 bits per heavy atom. The Balaban J connectivity index is 2.20. The van der Waals surface area contributed by atoms with E-state index in [0.717, 1.165) is 34.9 Å². The molecule has 2 aromatic carbocycles. The number of nitrogens with zero attached hydrogens (tertiary/aromatic N) is 2. The van der Waals surface area contributed by atoms with E-state index in [0.29, 0.717) is 17.6 Å². The predicted molar refractivity (Wildman–Crippen MR) is 116 cm³/mol. The van der Waals surface area contributed by atoms with Gasteiger partial charge in [0.15, 0.2) is 12.4 Å². The lowest BCUT2D eigenvalue weighted by atomic mass is 9.99. The van der Waals surface area contributed by atoms with Gasteiger partial charge < -0.3 is 5.21 Å². The van der Waals surface area contributed by atoms with E-state index in [1.807, 2.05) is 6.92 Å². The summed E-state index contributed by atoms with van der Waals surface area (Å²) in [5.74, 6) is -3.59. The maximum absolute atomic E-state index is 15.5. The van der Waals surface area contributed by atoms with E-state index < -0.39 is 27.1 Å². The highest BCUT2D eigenvalue weighted by Gasteiger charge is 2.40. The number of alkyl halides is 2. The molecule has 5 nitrogen and oxygen atoms in total. The number of hydrogen-bond donors (Lipinski definition) is 0. The van der Waals surface area contributed by atoms with Crippen LogP contribution in [0, 0.1) is 5.21 Å². The summed E-state index contributed by atoms with van der Waals surface area (Å²) in [6.07, 6.45) is 3.07. The maximum Gasteiger partial charge on any atom is 0.300 e. The van der Waals surface area contributed by atoms with Crippen molar-refractivity contribution >= 4 is 27.3 Å². The number of unbranched alkanes of at least 4 members (excludes halogenated alkanes) is 1. The van der Waals surface area contributed by atoms with E-state index >= 15 is 8.78 Å². The Morgan fingerprint density at radius 2 is 1.71 bits per heavy atom. The molecule has 1 aromatic heterocycles. The molecule has 1 heterocycles. The number of rotatable bonds is 8. The van der Waals surface area contributed by atoms with Crippen LogP contribution in [0.1, 0.15) is 30.9 Å². The third-order valence-corrected chi connectivity index (χ3v) is 6.84. The predicted octanol–water partition coefficient (Wildman–Crippen LogP) is 5.11. The topological polar surface area (TPSA) is 64.3 Å². The molecule has 3 rings (SSSR count). The fourth-order valence-electron chi connectivity index (χ4n) is 3.15. The average Bonchev–Trinajstić information content (AvgIpc) is 2.75. The standard InChI is InChI=1S/C22H21ClF2N2O3S/c1-2-3-13-27(31(29,30)19-7-5-4-6-8-19)21-10-9-18(23)16-20(21)22(24,25)17-11-14-26(28)15-12-17/h4-12,14-16H,2-3,13H2,1H3. The second kappa shape index (κ2) is 9.20. The SMILES string of the molecule is CCCCN(c1ccc(Cl)cc1C(F)(F)c1cc[n+]([O-])cc1)S(=O)(=O)c1ccccc1. The summed E-state index contributed by atoms with van der Waals surface area (Å²) in [5, 5.41) is 11.3. The molecule has 0 aliphatic heterocycles. The molecule has 0 N–H and O–H groups in total. The van der Waals surface area contributed by atoms with Gasteiger partial charge in [0.05, 0.1) is 16.1 Å². The van der Waals surface area contributed by atoms with Crippen LogP contribution >= 0.6 is 11.6 Å². The maximum atomic E-state index is 15.5. The summed E-state index contributed by atoms with van der Waals surface area (Å²) in [6, 6.07) is 13.4.